The molecule has 174 valence electrons. The Balaban J connectivity index is 1.53. The molecule has 1 atom stereocenters. The molecule has 0 aliphatic heterocycles. The highest BCUT2D eigenvalue weighted by Crippen LogP contribution is 2.25. The van der Waals surface area contributed by atoms with Crippen molar-refractivity contribution in [2.75, 3.05) is 11.9 Å². The third-order valence-corrected chi connectivity index (χ3v) is 5.09. The fraction of sp³-hybridized carbons (Fsp3) is 0.160. The van der Waals surface area contributed by atoms with Gasteiger partial charge in [-0.05, 0) is 42.3 Å². The third-order valence-electron chi connectivity index (χ3n) is 5.09. The Bertz CT molecular complexity index is 1320. The van der Waals surface area contributed by atoms with Crippen LogP contribution in [0.5, 0.6) is 0 Å². The van der Waals surface area contributed by atoms with Crippen LogP contribution in [-0.2, 0) is 20.9 Å². The normalized spacial score (nSPS) is 11.8. The smallest absolute Gasteiger partial charge is 0.405 e. The van der Waals surface area contributed by atoms with E-state index in [9.17, 15) is 14.0 Å². The number of nitrogens with two attached hydrogens (primary N) is 1. The quantitative estimate of drug-likeness (QED) is 0.410. The van der Waals surface area contributed by atoms with Gasteiger partial charge >= 0.3 is 6.09 Å². The number of nitrogens with zero attached hydrogens (tertiary/aromatic N) is 2. The molecule has 0 spiro atoms. The number of hydrogen-bond acceptors (Lipinski definition) is 5. The van der Waals surface area contributed by atoms with E-state index < -0.39 is 23.9 Å². The minimum absolute atomic E-state index is 0.0898. The molecular weight excluding hydrogens is 439 g/mol. The van der Waals surface area contributed by atoms with Gasteiger partial charge in [-0.25, -0.2) is 13.9 Å². The van der Waals surface area contributed by atoms with Gasteiger partial charge in [-0.2, -0.15) is 5.10 Å². The molecule has 0 saturated carbocycles. The molecule has 3 N–H and O–H groups in total. The van der Waals surface area contributed by atoms with E-state index in [1.807, 2.05) is 61.5 Å². The summed E-state index contributed by atoms with van der Waals surface area (Å²) in [5, 5.41) is 7.37. The SMILES string of the molecule is Cc1cccc(-n2ncc3cc(F)c(NC(=O)[C@H](COCc4ccccc4)OC(N)=O)cc32)c1. The number of carbonyl (C=O) groups excluding carboxylic acids is 2. The Morgan fingerprint density at radius 2 is 1.91 bits per heavy atom. The van der Waals surface area contributed by atoms with Crippen molar-refractivity contribution in [2.45, 2.75) is 19.6 Å². The van der Waals surface area contributed by atoms with E-state index in [-0.39, 0.29) is 18.9 Å². The van der Waals surface area contributed by atoms with Crippen LogP contribution >= 0.6 is 0 Å². The molecule has 0 unspecified atom stereocenters. The van der Waals surface area contributed by atoms with Gasteiger partial charge in [0.05, 0.1) is 36.3 Å². The second kappa shape index (κ2) is 10.1. The largest absolute Gasteiger partial charge is 0.434 e. The fourth-order valence-electron chi connectivity index (χ4n) is 3.48. The van der Waals surface area contributed by atoms with Crippen molar-refractivity contribution in [1.29, 1.82) is 0 Å². The molecule has 0 fully saturated rings. The highest BCUT2D eigenvalue weighted by atomic mass is 19.1. The highest BCUT2D eigenvalue weighted by molar-refractivity contribution is 5.97. The van der Waals surface area contributed by atoms with Crippen LogP contribution in [0.2, 0.25) is 0 Å². The molecule has 3 aromatic carbocycles. The molecule has 4 rings (SSSR count). The molecule has 34 heavy (non-hydrogen) atoms. The zero-order chi connectivity index (χ0) is 24.1. The molecular formula is C25H23FN4O4. The number of benzene rings is 3. The fourth-order valence-corrected chi connectivity index (χ4v) is 3.48. The number of nitrogens with one attached hydrogen (secondary N) is 1. The maximum atomic E-state index is 14.7. The van der Waals surface area contributed by atoms with Crippen molar-refractivity contribution in [2.24, 2.45) is 5.73 Å². The first-order chi connectivity index (χ1) is 16.4. The predicted molar refractivity (Wildman–Crippen MR) is 125 cm³/mol. The zero-order valence-corrected chi connectivity index (χ0v) is 18.4. The number of fused-ring (bicyclic) bond motifs is 1. The predicted octanol–water partition coefficient (Wildman–Crippen LogP) is 4.09. The summed E-state index contributed by atoms with van der Waals surface area (Å²) < 4.78 is 26.8. The van der Waals surface area contributed by atoms with Crippen LogP contribution in [0.4, 0.5) is 14.9 Å². The summed E-state index contributed by atoms with van der Waals surface area (Å²) in [5.41, 5.74) is 8.33. The Labute approximate surface area is 195 Å². The summed E-state index contributed by atoms with van der Waals surface area (Å²) in [7, 11) is 0. The Hall–Kier alpha value is -4.24. The molecule has 0 radical (unpaired) electrons. The van der Waals surface area contributed by atoms with Gasteiger partial charge in [0, 0.05) is 5.39 Å². The van der Waals surface area contributed by atoms with Gasteiger partial charge in [0.1, 0.15) is 5.82 Å². The van der Waals surface area contributed by atoms with Crippen molar-refractivity contribution in [3.63, 3.8) is 0 Å². The first-order valence-electron chi connectivity index (χ1n) is 10.5. The van der Waals surface area contributed by atoms with Crippen molar-refractivity contribution < 1.29 is 23.5 Å². The lowest BCUT2D eigenvalue weighted by Gasteiger charge is -2.17. The van der Waals surface area contributed by atoms with E-state index in [0.717, 1.165) is 16.8 Å². The summed E-state index contributed by atoms with van der Waals surface area (Å²) >= 11 is 0. The Morgan fingerprint density at radius 3 is 2.65 bits per heavy atom. The number of carbonyl (C=O) groups is 2. The molecule has 0 aliphatic rings. The van der Waals surface area contributed by atoms with Crippen LogP contribution < -0.4 is 11.1 Å². The summed E-state index contributed by atoms with van der Waals surface area (Å²) in [6.45, 7) is 1.90. The van der Waals surface area contributed by atoms with Crippen LogP contribution in [0.3, 0.4) is 0 Å². The van der Waals surface area contributed by atoms with Gasteiger partial charge in [0.2, 0.25) is 6.10 Å². The second-order valence-corrected chi connectivity index (χ2v) is 7.70. The number of ether oxygens (including phenoxy) is 2. The Kier molecular flexibility index (Phi) is 6.84. The van der Waals surface area contributed by atoms with Gasteiger partial charge in [-0.3, -0.25) is 4.79 Å². The summed E-state index contributed by atoms with van der Waals surface area (Å²) in [6.07, 6.45) is -0.960. The maximum absolute atomic E-state index is 14.7. The van der Waals surface area contributed by atoms with Crippen LogP contribution in [-0.4, -0.2) is 34.5 Å². The lowest BCUT2D eigenvalue weighted by Crippen LogP contribution is -2.38. The summed E-state index contributed by atoms with van der Waals surface area (Å²) in [4.78, 5) is 24.1. The van der Waals surface area contributed by atoms with E-state index in [4.69, 9.17) is 15.2 Å². The minimum Gasteiger partial charge on any atom is -0.434 e. The average molecular weight is 462 g/mol. The van der Waals surface area contributed by atoms with Crippen molar-refractivity contribution in [3.8, 4) is 5.69 Å². The molecule has 0 saturated heterocycles. The zero-order valence-electron chi connectivity index (χ0n) is 18.4. The van der Waals surface area contributed by atoms with E-state index in [1.54, 1.807) is 10.9 Å². The van der Waals surface area contributed by atoms with Gasteiger partial charge in [-0.15, -0.1) is 0 Å². The van der Waals surface area contributed by atoms with Crippen molar-refractivity contribution >= 4 is 28.6 Å². The molecule has 2 amide bonds. The number of aryl methyl sites for hydroxylation is 1. The Morgan fingerprint density at radius 1 is 1.12 bits per heavy atom. The van der Waals surface area contributed by atoms with Gasteiger partial charge in [-0.1, -0.05) is 42.5 Å². The van der Waals surface area contributed by atoms with Gasteiger partial charge in [0.15, 0.2) is 0 Å². The van der Waals surface area contributed by atoms with Gasteiger partial charge < -0.3 is 20.5 Å². The number of anilines is 1. The van der Waals surface area contributed by atoms with E-state index in [0.29, 0.717) is 10.9 Å². The summed E-state index contributed by atoms with van der Waals surface area (Å²) in [6, 6.07) is 19.7. The molecule has 0 bridgehead atoms. The molecule has 1 heterocycles. The molecule has 0 aliphatic carbocycles. The number of primary amides is 1. The van der Waals surface area contributed by atoms with Crippen molar-refractivity contribution in [3.05, 3.63) is 89.9 Å². The van der Waals surface area contributed by atoms with E-state index in [2.05, 4.69) is 10.4 Å². The van der Waals surface area contributed by atoms with Crippen LogP contribution in [0, 0.1) is 12.7 Å². The minimum atomic E-state index is -1.36. The van der Waals surface area contributed by atoms with E-state index in [1.165, 1.54) is 12.1 Å². The van der Waals surface area contributed by atoms with Crippen LogP contribution in [0.1, 0.15) is 11.1 Å². The molecule has 4 aromatic rings. The van der Waals surface area contributed by atoms with Gasteiger partial charge in [0.25, 0.3) is 5.91 Å². The lowest BCUT2D eigenvalue weighted by molar-refractivity contribution is -0.127. The molecule has 9 heteroatoms. The number of amides is 2. The third kappa shape index (κ3) is 5.38. The summed E-state index contributed by atoms with van der Waals surface area (Å²) in [5.74, 6) is -1.43. The molecule has 8 nitrogen and oxygen atoms in total. The number of aromatic nitrogens is 2. The first kappa shape index (κ1) is 22.9. The molecule has 1 aromatic heterocycles. The standard InChI is InChI=1S/C25H23FN4O4/c1-16-6-5-9-19(10-16)30-22-12-21(20(26)11-18(22)13-28-30)29-24(31)23(34-25(27)32)15-33-14-17-7-3-2-4-8-17/h2-13,23H,14-15H2,1H3,(H2,27,32)(H,29,31)/t23-/m0/s1. The van der Waals surface area contributed by atoms with Crippen LogP contribution in [0.25, 0.3) is 16.6 Å². The number of rotatable bonds is 8. The average Bonchev–Trinajstić information content (AvgIpc) is 3.21. The topological polar surface area (TPSA) is 108 Å². The number of halogens is 1. The lowest BCUT2D eigenvalue weighted by atomic mass is 10.2. The van der Waals surface area contributed by atoms with Crippen LogP contribution in [0.15, 0.2) is 72.9 Å². The number of hydrogen-bond donors (Lipinski definition) is 2. The van der Waals surface area contributed by atoms with Crippen molar-refractivity contribution in [1.82, 2.24) is 9.78 Å². The maximum Gasteiger partial charge on any atom is 0.405 e. The second-order valence-electron chi connectivity index (χ2n) is 7.70. The monoisotopic (exact) mass is 462 g/mol. The first-order valence-corrected chi connectivity index (χ1v) is 10.5. The van der Waals surface area contributed by atoms with E-state index >= 15 is 0 Å². The highest BCUT2D eigenvalue weighted by Gasteiger charge is 2.24.